The van der Waals surface area contributed by atoms with E-state index >= 15 is 0 Å². The molecular weight excluding hydrogens is 538 g/mol. The molecule has 1 N–H and O–H groups in total. The zero-order chi connectivity index (χ0) is 29.2. The van der Waals surface area contributed by atoms with Gasteiger partial charge in [0.1, 0.15) is 12.2 Å². The smallest absolute Gasteiger partial charge is 0.342 e. The zero-order valence-corrected chi connectivity index (χ0v) is 24.3. The minimum Gasteiger partial charge on any atom is -0.457 e. The summed E-state index contributed by atoms with van der Waals surface area (Å²) in [5.41, 5.74) is 7.62. The van der Waals surface area contributed by atoms with Crippen molar-refractivity contribution in [1.82, 2.24) is 29.3 Å². The number of nitrogens with one attached hydrogen (secondary N) is 1. The van der Waals surface area contributed by atoms with E-state index < -0.39 is 5.97 Å². The van der Waals surface area contributed by atoms with E-state index in [9.17, 15) is 4.79 Å². The first-order chi connectivity index (χ1) is 21.2. The van der Waals surface area contributed by atoms with Gasteiger partial charge in [0.25, 0.3) is 0 Å². The molecule has 6 aromatic rings. The van der Waals surface area contributed by atoms with Crippen LogP contribution in [-0.2, 0) is 17.9 Å². The van der Waals surface area contributed by atoms with Gasteiger partial charge >= 0.3 is 5.97 Å². The van der Waals surface area contributed by atoms with Crippen LogP contribution in [0.25, 0.3) is 33.2 Å². The highest BCUT2D eigenvalue weighted by Crippen LogP contribution is 2.38. The van der Waals surface area contributed by atoms with Crippen LogP contribution in [0.1, 0.15) is 54.1 Å². The molecule has 43 heavy (non-hydrogen) atoms. The molecule has 0 saturated heterocycles. The van der Waals surface area contributed by atoms with E-state index in [1.54, 1.807) is 12.5 Å². The monoisotopic (exact) mass is 573 g/mol. The highest BCUT2D eigenvalue weighted by Gasteiger charge is 2.25. The van der Waals surface area contributed by atoms with Crippen molar-refractivity contribution in [2.75, 3.05) is 18.5 Å². The molecule has 0 unspecified atom stereocenters. The second-order valence-electron chi connectivity index (χ2n) is 11.3. The van der Waals surface area contributed by atoms with E-state index in [0.29, 0.717) is 30.2 Å². The fourth-order valence-corrected chi connectivity index (χ4v) is 6.27. The fraction of sp³-hybridized carbons (Fsp3) is 0.294. The van der Waals surface area contributed by atoms with Crippen molar-refractivity contribution in [1.29, 1.82) is 0 Å². The summed E-state index contributed by atoms with van der Waals surface area (Å²) >= 11 is 0. The van der Waals surface area contributed by atoms with Crippen LogP contribution in [0, 0.1) is 0 Å². The first-order valence-electron chi connectivity index (χ1n) is 15.0. The van der Waals surface area contributed by atoms with Crippen molar-refractivity contribution < 1.29 is 9.53 Å². The highest BCUT2D eigenvalue weighted by atomic mass is 16.5. The van der Waals surface area contributed by atoms with Crippen molar-refractivity contribution in [3.63, 3.8) is 0 Å². The number of ether oxygens (including phenoxy) is 1. The van der Waals surface area contributed by atoms with Crippen LogP contribution in [0.4, 0.5) is 5.69 Å². The predicted molar refractivity (Wildman–Crippen MR) is 168 cm³/mol. The van der Waals surface area contributed by atoms with E-state index in [0.717, 1.165) is 38.9 Å². The molecule has 1 fully saturated rings. The Balaban J connectivity index is 1.28. The van der Waals surface area contributed by atoms with Gasteiger partial charge in [0.2, 0.25) is 0 Å². The number of rotatable bonds is 9. The maximum Gasteiger partial charge on any atom is 0.342 e. The van der Waals surface area contributed by atoms with Crippen molar-refractivity contribution in [2.24, 2.45) is 0 Å². The fourth-order valence-electron chi connectivity index (χ4n) is 6.27. The quantitative estimate of drug-likeness (QED) is 0.192. The molecule has 1 saturated carbocycles. The van der Waals surface area contributed by atoms with Crippen LogP contribution in [0.3, 0.4) is 0 Å². The van der Waals surface area contributed by atoms with Crippen LogP contribution < -0.4 is 4.90 Å². The van der Waals surface area contributed by atoms with Crippen LogP contribution in [-0.4, -0.2) is 48.9 Å². The molecule has 0 amide bonds. The SMILES string of the molecule is CN(CCn1cccn1)c1cc(-c2ccc3c(c2)ncn3C2CCCCC2)c2nc[nH]c2c1C(=O)OCc1ccccc1. The van der Waals surface area contributed by atoms with Crippen molar-refractivity contribution in [3.05, 3.63) is 96.8 Å². The highest BCUT2D eigenvalue weighted by molar-refractivity contribution is 6.11. The summed E-state index contributed by atoms with van der Waals surface area (Å²) in [5, 5.41) is 4.35. The summed E-state index contributed by atoms with van der Waals surface area (Å²) in [6, 6.07) is 20.7. The Bertz CT molecular complexity index is 1850. The number of hydrogen-bond acceptors (Lipinski definition) is 6. The Morgan fingerprint density at radius 2 is 1.91 bits per heavy atom. The molecule has 3 aromatic heterocycles. The molecule has 0 aliphatic heterocycles. The Morgan fingerprint density at radius 1 is 1.05 bits per heavy atom. The number of esters is 1. The van der Waals surface area contributed by atoms with E-state index in [4.69, 9.17) is 9.72 Å². The number of carbonyl (C=O) groups is 1. The largest absolute Gasteiger partial charge is 0.457 e. The Morgan fingerprint density at radius 3 is 2.72 bits per heavy atom. The average Bonchev–Trinajstić information content (AvgIpc) is 3.84. The second-order valence-corrected chi connectivity index (χ2v) is 11.3. The lowest BCUT2D eigenvalue weighted by Gasteiger charge is -2.24. The van der Waals surface area contributed by atoms with Crippen molar-refractivity contribution >= 4 is 33.7 Å². The number of benzene rings is 3. The molecule has 218 valence electrons. The number of imidazole rings is 2. The van der Waals surface area contributed by atoms with E-state index in [2.05, 4.69) is 48.8 Å². The molecule has 0 atom stereocenters. The van der Waals surface area contributed by atoms with Gasteiger partial charge in [-0.25, -0.2) is 14.8 Å². The third-order valence-corrected chi connectivity index (χ3v) is 8.59. The molecule has 1 aliphatic rings. The number of hydrogen-bond donors (Lipinski definition) is 1. The Labute approximate surface area is 250 Å². The van der Waals surface area contributed by atoms with Gasteiger partial charge in [-0.05, 0) is 48.2 Å². The number of likely N-dealkylation sites (N-methyl/N-ethyl adjacent to an activating group) is 1. The number of anilines is 1. The first-order valence-corrected chi connectivity index (χ1v) is 15.0. The molecule has 0 bridgehead atoms. The van der Waals surface area contributed by atoms with Gasteiger partial charge in [-0.3, -0.25) is 4.68 Å². The van der Waals surface area contributed by atoms with Gasteiger partial charge in [-0.2, -0.15) is 5.10 Å². The summed E-state index contributed by atoms with van der Waals surface area (Å²) < 4.78 is 10.1. The molecule has 9 heteroatoms. The van der Waals surface area contributed by atoms with Crippen LogP contribution in [0.2, 0.25) is 0 Å². The Kier molecular flexibility index (Phi) is 7.37. The number of fused-ring (bicyclic) bond motifs is 2. The van der Waals surface area contributed by atoms with E-state index in [1.807, 2.05) is 60.7 Å². The summed E-state index contributed by atoms with van der Waals surface area (Å²) in [7, 11) is 1.99. The zero-order valence-electron chi connectivity index (χ0n) is 24.3. The average molecular weight is 574 g/mol. The lowest BCUT2D eigenvalue weighted by molar-refractivity contribution is 0.0475. The third-order valence-electron chi connectivity index (χ3n) is 8.59. The molecule has 1 aliphatic carbocycles. The molecule has 3 heterocycles. The van der Waals surface area contributed by atoms with Crippen molar-refractivity contribution in [3.8, 4) is 11.1 Å². The number of carbonyl (C=O) groups excluding carboxylic acids is 1. The van der Waals surface area contributed by atoms with Gasteiger partial charge < -0.3 is 19.2 Å². The predicted octanol–water partition coefficient (Wildman–Crippen LogP) is 6.77. The molecule has 9 nitrogen and oxygen atoms in total. The minimum atomic E-state index is -0.396. The molecule has 0 spiro atoms. The molecular formula is C34H35N7O2. The standard InChI is InChI=1S/C34H35N7O2/c1-39(17-18-40-16-8-15-38-40)30-20-27(25-13-14-29-28(19-25)37-23-41(29)26-11-6-3-7-12-26)32-33(36-22-35-32)31(30)34(42)43-21-24-9-4-2-5-10-24/h2,4-5,8-10,13-16,19-20,22-23,26H,3,6-7,11-12,17-18,21H2,1H3,(H,35,36). The maximum absolute atomic E-state index is 13.7. The summed E-state index contributed by atoms with van der Waals surface area (Å²) in [5.74, 6) is -0.396. The number of nitrogens with zero attached hydrogens (tertiary/aromatic N) is 6. The molecule has 3 aromatic carbocycles. The van der Waals surface area contributed by atoms with Gasteiger partial charge in [0, 0.05) is 37.6 Å². The van der Waals surface area contributed by atoms with Gasteiger partial charge in [-0.1, -0.05) is 55.7 Å². The maximum atomic E-state index is 13.7. The van der Waals surface area contributed by atoms with E-state index in [1.165, 1.54) is 32.1 Å². The lowest BCUT2D eigenvalue weighted by atomic mass is 9.95. The number of H-pyrrole nitrogens is 1. The van der Waals surface area contributed by atoms with Crippen molar-refractivity contribution in [2.45, 2.75) is 51.3 Å². The molecule has 7 rings (SSSR count). The third kappa shape index (κ3) is 5.38. The van der Waals surface area contributed by atoms with Crippen LogP contribution in [0.15, 0.2) is 85.7 Å². The summed E-state index contributed by atoms with van der Waals surface area (Å²) in [6.45, 7) is 1.50. The van der Waals surface area contributed by atoms with Crippen LogP contribution in [0.5, 0.6) is 0 Å². The van der Waals surface area contributed by atoms with E-state index in [-0.39, 0.29) is 6.61 Å². The summed E-state index contributed by atoms with van der Waals surface area (Å²) in [4.78, 5) is 28.6. The second kappa shape index (κ2) is 11.8. The first kappa shape index (κ1) is 26.9. The summed E-state index contributed by atoms with van der Waals surface area (Å²) in [6.07, 6.45) is 13.6. The normalized spacial score (nSPS) is 14.0. The molecule has 0 radical (unpaired) electrons. The van der Waals surface area contributed by atoms with Gasteiger partial charge in [0.15, 0.2) is 0 Å². The topological polar surface area (TPSA) is 93.9 Å². The lowest BCUT2D eigenvalue weighted by Crippen LogP contribution is -2.25. The van der Waals surface area contributed by atoms with Crippen LogP contribution >= 0.6 is 0 Å². The number of aromatic nitrogens is 6. The van der Waals surface area contributed by atoms with Gasteiger partial charge in [-0.15, -0.1) is 0 Å². The number of aromatic amines is 1. The van der Waals surface area contributed by atoms with Gasteiger partial charge in [0.05, 0.1) is 47.0 Å². The Hall–Kier alpha value is -4.92. The minimum absolute atomic E-state index is 0.188.